The van der Waals surface area contributed by atoms with Crippen LogP contribution in [0.5, 0.6) is 0 Å². The van der Waals surface area contributed by atoms with Crippen LogP contribution in [0.4, 0.5) is 0 Å². The Morgan fingerprint density at radius 1 is 1.42 bits per heavy atom. The molecular weight excluding hydrogens is 359 g/mol. The molecule has 0 bridgehead atoms. The Kier molecular flexibility index (Phi) is 5.87. The number of halogens is 1. The monoisotopic (exact) mass is 376 g/mol. The number of aliphatic imine (C=N–C) groups is 1. The molecule has 0 spiro atoms. The summed E-state index contributed by atoms with van der Waals surface area (Å²) in [6.45, 7) is 1.12. The van der Waals surface area contributed by atoms with E-state index < -0.39 is 0 Å². The Morgan fingerprint density at radius 2 is 2.16 bits per heavy atom. The van der Waals surface area contributed by atoms with Crippen LogP contribution in [0.3, 0.4) is 0 Å². The van der Waals surface area contributed by atoms with Gasteiger partial charge in [-0.05, 0) is 12.1 Å². The molecule has 0 saturated carbocycles. The van der Waals surface area contributed by atoms with Crippen LogP contribution in [0, 0.1) is 0 Å². The van der Waals surface area contributed by atoms with Crippen molar-refractivity contribution in [1.29, 1.82) is 0 Å². The van der Waals surface area contributed by atoms with Crippen LogP contribution >= 0.6 is 24.0 Å². The Labute approximate surface area is 127 Å². The summed E-state index contributed by atoms with van der Waals surface area (Å²) in [7, 11) is 3.48. The SMILES string of the molecule is CN=C(NC)NCCn1c(=O)oc2ccccc21.I. The summed E-state index contributed by atoms with van der Waals surface area (Å²) < 4.78 is 6.75. The van der Waals surface area contributed by atoms with Gasteiger partial charge in [-0.15, -0.1) is 24.0 Å². The summed E-state index contributed by atoms with van der Waals surface area (Å²) >= 11 is 0. The van der Waals surface area contributed by atoms with E-state index in [1.54, 1.807) is 24.7 Å². The maximum absolute atomic E-state index is 11.7. The van der Waals surface area contributed by atoms with E-state index in [1.165, 1.54) is 0 Å². The van der Waals surface area contributed by atoms with E-state index in [0.29, 0.717) is 24.6 Å². The van der Waals surface area contributed by atoms with Gasteiger partial charge in [-0.3, -0.25) is 9.56 Å². The minimum Gasteiger partial charge on any atom is -0.408 e. The molecule has 6 nitrogen and oxygen atoms in total. The molecule has 2 rings (SSSR count). The third-order valence-corrected chi connectivity index (χ3v) is 2.66. The summed E-state index contributed by atoms with van der Waals surface area (Å²) in [5.74, 6) is 0.355. The number of guanidine groups is 1. The molecule has 104 valence electrons. The zero-order chi connectivity index (χ0) is 13.0. The smallest absolute Gasteiger partial charge is 0.408 e. The van der Waals surface area contributed by atoms with Crippen molar-refractivity contribution in [3.05, 3.63) is 34.8 Å². The molecule has 0 unspecified atom stereocenters. The summed E-state index contributed by atoms with van der Waals surface area (Å²) in [5, 5.41) is 6.00. The Balaban J connectivity index is 0.00000180. The van der Waals surface area contributed by atoms with E-state index in [4.69, 9.17) is 4.42 Å². The number of para-hydroxylation sites is 2. The average Bonchev–Trinajstić information content (AvgIpc) is 2.71. The molecule has 0 atom stereocenters. The summed E-state index contributed by atoms with van der Waals surface area (Å²) in [5.41, 5.74) is 1.42. The summed E-state index contributed by atoms with van der Waals surface area (Å²) in [6.07, 6.45) is 0. The van der Waals surface area contributed by atoms with Gasteiger partial charge in [-0.1, -0.05) is 12.1 Å². The van der Waals surface area contributed by atoms with Crippen molar-refractivity contribution in [2.24, 2.45) is 4.99 Å². The highest BCUT2D eigenvalue weighted by molar-refractivity contribution is 14.0. The first kappa shape index (κ1) is 15.5. The highest BCUT2D eigenvalue weighted by Gasteiger charge is 2.07. The van der Waals surface area contributed by atoms with Gasteiger partial charge in [0.25, 0.3) is 0 Å². The van der Waals surface area contributed by atoms with E-state index in [1.807, 2.05) is 18.2 Å². The van der Waals surface area contributed by atoms with Gasteiger partial charge in [0.2, 0.25) is 0 Å². The molecule has 0 saturated heterocycles. The standard InChI is InChI=1S/C12H16N4O2.HI/c1-13-11(14-2)15-7-8-16-9-5-3-4-6-10(9)18-12(16)17;/h3-6H,7-8H2,1-2H3,(H2,13,14,15);1H. The lowest BCUT2D eigenvalue weighted by atomic mass is 10.3. The quantitative estimate of drug-likeness (QED) is 0.477. The predicted octanol–water partition coefficient (Wildman–Crippen LogP) is 1.01. The molecule has 0 aliphatic rings. The topological polar surface area (TPSA) is 71.6 Å². The van der Waals surface area contributed by atoms with Crippen molar-refractivity contribution >= 4 is 41.0 Å². The maximum Gasteiger partial charge on any atom is 0.420 e. The Hall–Kier alpha value is -1.51. The number of nitrogens with one attached hydrogen (secondary N) is 2. The number of benzene rings is 1. The fraction of sp³-hybridized carbons (Fsp3) is 0.333. The zero-order valence-electron chi connectivity index (χ0n) is 10.8. The van der Waals surface area contributed by atoms with Gasteiger partial charge in [0.1, 0.15) is 0 Å². The number of aromatic nitrogens is 1. The van der Waals surface area contributed by atoms with Gasteiger partial charge in [-0.2, -0.15) is 0 Å². The first-order chi connectivity index (χ1) is 8.76. The molecule has 0 amide bonds. The third kappa shape index (κ3) is 3.49. The zero-order valence-corrected chi connectivity index (χ0v) is 13.2. The number of hydrogen-bond acceptors (Lipinski definition) is 3. The van der Waals surface area contributed by atoms with Crippen molar-refractivity contribution < 1.29 is 4.42 Å². The lowest BCUT2D eigenvalue weighted by molar-refractivity contribution is 0.503. The molecule has 1 aromatic carbocycles. The normalized spacial score (nSPS) is 11.2. The fourth-order valence-electron chi connectivity index (χ4n) is 1.79. The number of nitrogens with zero attached hydrogens (tertiary/aromatic N) is 2. The van der Waals surface area contributed by atoms with Crippen molar-refractivity contribution in [2.45, 2.75) is 6.54 Å². The maximum atomic E-state index is 11.7. The molecule has 2 N–H and O–H groups in total. The van der Waals surface area contributed by atoms with Crippen LogP contribution in [0.25, 0.3) is 11.1 Å². The molecule has 0 fully saturated rings. The van der Waals surface area contributed by atoms with Gasteiger partial charge in [0.05, 0.1) is 5.52 Å². The van der Waals surface area contributed by atoms with E-state index in [2.05, 4.69) is 15.6 Å². The van der Waals surface area contributed by atoms with E-state index >= 15 is 0 Å². The summed E-state index contributed by atoms with van der Waals surface area (Å²) in [4.78, 5) is 15.7. The number of fused-ring (bicyclic) bond motifs is 1. The molecule has 7 heteroatoms. The average molecular weight is 376 g/mol. The molecular formula is C12H17IN4O2. The van der Waals surface area contributed by atoms with Gasteiger partial charge >= 0.3 is 5.76 Å². The Morgan fingerprint density at radius 3 is 2.84 bits per heavy atom. The minimum atomic E-state index is -0.336. The minimum absolute atomic E-state index is 0. The number of hydrogen-bond donors (Lipinski definition) is 2. The van der Waals surface area contributed by atoms with Crippen LogP contribution < -0.4 is 16.4 Å². The van der Waals surface area contributed by atoms with Crippen molar-refractivity contribution in [3.63, 3.8) is 0 Å². The second kappa shape index (κ2) is 7.17. The van der Waals surface area contributed by atoms with Crippen LogP contribution in [0.15, 0.2) is 38.5 Å². The second-order valence-electron chi connectivity index (χ2n) is 3.74. The molecule has 1 aromatic heterocycles. The third-order valence-electron chi connectivity index (χ3n) is 2.66. The Bertz CT molecular complexity index is 617. The first-order valence-corrected chi connectivity index (χ1v) is 5.73. The molecule has 0 aliphatic heterocycles. The van der Waals surface area contributed by atoms with Gasteiger partial charge in [0.15, 0.2) is 11.5 Å². The fourth-order valence-corrected chi connectivity index (χ4v) is 1.79. The first-order valence-electron chi connectivity index (χ1n) is 5.73. The molecule has 0 radical (unpaired) electrons. The van der Waals surface area contributed by atoms with Gasteiger partial charge in [-0.25, -0.2) is 4.79 Å². The van der Waals surface area contributed by atoms with Crippen LogP contribution in [0.1, 0.15) is 0 Å². The number of rotatable bonds is 3. The van der Waals surface area contributed by atoms with Gasteiger partial charge < -0.3 is 15.1 Å². The second-order valence-corrected chi connectivity index (χ2v) is 3.74. The van der Waals surface area contributed by atoms with Crippen LogP contribution in [-0.4, -0.2) is 31.2 Å². The largest absolute Gasteiger partial charge is 0.420 e. The predicted molar refractivity (Wildman–Crippen MR) is 86.3 cm³/mol. The lowest BCUT2D eigenvalue weighted by Crippen LogP contribution is -2.37. The lowest BCUT2D eigenvalue weighted by Gasteiger charge is -2.08. The molecule has 0 aliphatic carbocycles. The van der Waals surface area contributed by atoms with Crippen LogP contribution in [0.2, 0.25) is 0 Å². The van der Waals surface area contributed by atoms with E-state index in [-0.39, 0.29) is 29.7 Å². The number of oxazole rings is 1. The molecule has 19 heavy (non-hydrogen) atoms. The summed E-state index contributed by atoms with van der Waals surface area (Å²) in [6, 6.07) is 7.38. The van der Waals surface area contributed by atoms with Crippen molar-refractivity contribution in [3.8, 4) is 0 Å². The molecule has 1 heterocycles. The van der Waals surface area contributed by atoms with Crippen molar-refractivity contribution in [1.82, 2.24) is 15.2 Å². The van der Waals surface area contributed by atoms with Gasteiger partial charge in [0, 0.05) is 27.2 Å². The van der Waals surface area contributed by atoms with E-state index in [9.17, 15) is 4.79 Å². The highest BCUT2D eigenvalue weighted by atomic mass is 127. The molecule has 2 aromatic rings. The van der Waals surface area contributed by atoms with Crippen molar-refractivity contribution in [2.75, 3.05) is 20.6 Å². The highest BCUT2D eigenvalue weighted by Crippen LogP contribution is 2.10. The van der Waals surface area contributed by atoms with Crippen LogP contribution in [-0.2, 0) is 6.54 Å². The van der Waals surface area contributed by atoms with E-state index in [0.717, 1.165) is 5.52 Å².